The fourth-order valence-corrected chi connectivity index (χ4v) is 7.50. The van der Waals surface area contributed by atoms with E-state index in [4.69, 9.17) is 4.52 Å². The smallest absolute Gasteiger partial charge is 0.387 e. The van der Waals surface area contributed by atoms with Gasteiger partial charge in [-0.1, -0.05) is 187 Å². The number of likely N-dealkylation sites (N-methyl/N-ethyl adjacent to an activating group) is 1. The van der Waals surface area contributed by atoms with Crippen molar-refractivity contribution in [3.8, 4) is 0 Å². The van der Waals surface area contributed by atoms with E-state index in [0.29, 0.717) is 17.3 Å². The van der Waals surface area contributed by atoms with Crippen LogP contribution in [-0.2, 0) is 13.9 Å². The minimum atomic E-state index is -5.54. The quantitative estimate of drug-likeness (QED) is 0.0252. The first-order chi connectivity index (χ1) is 24.8. The highest BCUT2D eigenvalue weighted by molar-refractivity contribution is 7.54. The lowest BCUT2D eigenvalue weighted by Crippen LogP contribution is -2.54. The number of aliphatic hydroxyl groups excluding tert-OH is 1. The molecular formula is C42H84F2N2O5P+. The van der Waals surface area contributed by atoms with E-state index in [2.05, 4.69) is 19.2 Å². The molecule has 52 heavy (non-hydrogen) atoms. The highest BCUT2D eigenvalue weighted by atomic mass is 31.2. The molecule has 0 bridgehead atoms. The van der Waals surface area contributed by atoms with E-state index < -0.39 is 31.3 Å². The Bertz CT molecular complexity index is 915. The van der Waals surface area contributed by atoms with Crippen LogP contribution in [0, 0.1) is 0 Å². The lowest BCUT2D eigenvalue weighted by atomic mass is 10.0. The molecule has 1 amide bonds. The lowest BCUT2D eigenvalue weighted by molar-refractivity contribution is -0.870. The number of nitrogens with one attached hydrogen (secondary N) is 1. The monoisotopic (exact) mass is 766 g/mol. The maximum absolute atomic E-state index is 15.6. The number of quaternary nitrogens is 1. The van der Waals surface area contributed by atoms with Crippen molar-refractivity contribution in [2.45, 2.75) is 218 Å². The Balaban J connectivity index is 4.71. The molecule has 0 heterocycles. The molecule has 0 aromatic heterocycles. The van der Waals surface area contributed by atoms with E-state index >= 15 is 8.78 Å². The van der Waals surface area contributed by atoms with Gasteiger partial charge in [0.25, 0.3) is 0 Å². The Labute approximate surface area is 319 Å². The maximum atomic E-state index is 15.6. The molecule has 3 atom stereocenters. The number of hydrogen-bond donors (Lipinski definition) is 3. The van der Waals surface area contributed by atoms with Crippen molar-refractivity contribution >= 4 is 13.5 Å². The SMILES string of the molecule is CCCCCCCCCCCCCC/C=C\[C@@H](O)[C@@H](NC(=O)CCCCCCCCCCCCCCCCC)C(F)(F)P(=O)(O)OCC[N+](C)(C)C. The van der Waals surface area contributed by atoms with Crippen LogP contribution >= 0.6 is 7.60 Å². The summed E-state index contributed by atoms with van der Waals surface area (Å²) >= 11 is 0. The predicted molar refractivity (Wildman–Crippen MR) is 216 cm³/mol. The van der Waals surface area contributed by atoms with E-state index in [1.54, 1.807) is 6.08 Å². The molecule has 0 radical (unpaired) electrons. The second-order valence-electron chi connectivity index (χ2n) is 16.3. The van der Waals surface area contributed by atoms with Gasteiger partial charge in [-0.15, -0.1) is 0 Å². The molecule has 0 fully saturated rings. The largest absolute Gasteiger partial charge is 0.399 e. The highest BCUT2D eigenvalue weighted by Gasteiger charge is 2.59. The summed E-state index contributed by atoms with van der Waals surface area (Å²) in [7, 11) is -0.0898. The first kappa shape index (κ1) is 51.1. The third kappa shape index (κ3) is 28.6. The van der Waals surface area contributed by atoms with Gasteiger partial charge in [0.05, 0.1) is 27.2 Å². The second kappa shape index (κ2) is 32.4. The molecule has 0 saturated heterocycles. The molecule has 3 N–H and O–H groups in total. The van der Waals surface area contributed by atoms with Crippen LogP contribution in [0.1, 0.15) is 200 Å². The number of carbonyl (C=O) groups excluding carboxylic acids is 1. The summed E-state index contributed by atoms with van der Waals surface area (Å²) in [5.41, 5.74) is -4.39. The minimum absolute atomic E-state index is 0.0121. The summed E-state index contributed by atoms with van der Waals surface area (Å²) < 4.78 is 49.4. The van der Waals surface area contributed by atoms with E-state index in [-0.39, 0.29) is 19.6 Å². The van der Waals surface area contributed by atoms with Crippen LogP contribution in [0.15, 0.2) is 12.2 Å². The number of carbonyl (C=O) groups is 1. The molecule has 0 aromatic rings. The third-order valence-electron chi connectivity index (χ3n) is 10.0. The standard InChI is InChI=1S/C42H83F2N2O5P/c1-6-8-10-12-14-16-18-20-22-24-26-28-30-32-34-36-40(48)45-41(42(43,44)52(49,50)51-38-37-46(3,4)5)39(47)35-33-31-29-27-25-23-21-19-17-15-13-11-9-7-2/h33,35,39,41,47H,6-32,34,36-38H2,1-5H3,(H-,45,48,49,50)/p+1/b35-33-/t39-,41-/m1/s1. The number of unbranched alkanes of at least 4 members (excludes halogenated alkanes) is 26. The van der Waals surface area contributed by atoms with E-state index in [0.717, 1.165) is 44.9 Å². The van der Waals surface area contributed by atoms with Crippen molar-refractivity contribution in [1.82, 2.24) is 5.32 Å². The molecule has 0 aromatic carbocycles. The van der Waals surface area contributed by atoms with Crippen LogP contribution < -0.4 is 5.32 Å². The molecular weight excluding hydrogens is 681 g/mol. The van der Waals surface area contributed by atoms with Crippen LogP contribution in [0.3, 0.4) is 0 Å². The molecule has 0 saturated carbocycles. The average Bonchev–Trinajstić information content (AvgIpc) is 3.08. The first-order valence-corrected chi connectivity index (χ1v) is 23.2. The Morgan fingerprint density at radius 2 is 1.06 bits per heavy atom. The van der Waals surface area contributed by atoms with Crippen molar-refractivity contribution < 1.29 is 37.1 Å². The average molecular weight is 766 g/mol. The number of halogens is 2. The Hall–Kier alpha value is -0.860. The fraction of sp³-hybridized carbons (Fsp3) is 0.929. The van der Waals surface area contributed by atoms with Gasteiger partial charge in [0.1, 0.15) is 19.2 Å². The normalized spacial score (nSPS) is 14.9. The van der Waals surface area contributed by atoms with Crippen molar-refractivity contribution in [1.29, 1.82) is 0 Å². The molecule has 10 heteroatoms. The van der Waals surface area contributed by atoms with E-state index in [1.165, 1.54) is 128 Å². The van der Waals surface area contributed by atoms with Gasteiger partial charge in [-0.05, 0) is 19.3 Å². The zero-order chi connectivity index (χ0) is 39.0. The topological polar surface area (TPSA) is 95.9 Å². The summed E-state index contributed by atoms with van der Waals surface area (Å²) in [5.74, 6) is -0.667. The number of rotatable bonds is 38. The lowest BCUT2D eigenvalue weighted by Gasteiger charge is -2.33. The van der Waals surface area contributed by atoms with Crippen LogP contribution in [0.2, 0.25) is 0 Å². The van der Waals surface area contributed by atoms with E-state index in [9.17, 15) is 19.4 Å². The zero-order valence-electron chi connectivity index (χ0n) is 34.5. The van der Waals surface area contributed by atoms with Crippen molar-refractivity contribution in [2.75, 3.05) is 34.3 Å². The molecule has 0 aliphatic heterocycles. The minimum Gasteiger partial charge on any atom is -0.387 e. The molecule has 0 aliphatic rings. The van der Waals surface area contributed by atoms with Crippen LogP contribution in [0.5, 0.6) is 0 Å². The van der Waals surface area contributed by atoms with Gasteiger partial charge in [-0.2, -0.15) is 8.78 Å². The molecule has 0 spiro atoms. The predicted octanol–water partition coefficient (Wildman–Crippen LogP) is 12.2. The number of nitrogens with zero attached hydrogens (tertiary/aromatic N) is 1. The van der Waals surface area contributed by atoms with Crippen molar-refractivity contribution in [3.63, 3.8) is 0 Å². The molecule has 0 aliphatic carbocycles. The first-order valence-electron chi connectivity index (χ1n) is 21.6. The van der Waals surface area contributed by atoms with Crippen LogP contribution in [0.4, 0.5) is 8.78 Å². The maximum Gasteiger partial charge on any atom is 0.399 e. The zero-order valence-corrected chi connectivity index (χ0v) is 35.4. The third-order valence-corrected chi connectivity index (χ3v) is 11.6. The van der Waals surface area contributed by atoms with Gasteiger partial charge in [0.15, 0.2) is 0 Å². The molecule has 310 valence electrons. The molecule has 1 unspecified atom stereocenters. The summed E-state index contributed by atoms with van der Waals surface area (Å²) in [6.45, 7) is 4.35. The van der Waals surface area contributed by atoms with Gasteiger partial charge in [-0.3, -0.25) is 13.9 Å². The number of allylic oxidation sites excluding steroid dienone is 1. The highest BCUT2D eigenvalue weighted by Crippen LogP contribution is 2.59. The summed E-state index contributed by atoms with van der Waals surface area (Å²) in [6, 6.07) is -2.28. The van der Waals surface area contributed by atoms with Crippen molar-refractivity contribution in [3.05, 3.63) is 12.2 Å². The van der Waals surface area contributed by atoms with Crippen LogP contribution in [-0.4, -0.2) is 72.5 Å². The number of hydrogen-bond acceptors (Lipinski definition) is 4. The van der Waals surface area contributed by atoms with Crippen LogP contribution in [0.25, 0.3) is 0 Å². The van der Waals surface area contributed by atoms with Gasteiger partial charge in [0, 0.05) is 6.42 Å². The Morgan fingerprint density at radius 3 is 1.44 bits per heavy atom. The summed E-state index contributed by atoms with van der Waals surface area (Å²) in [5, 5.41) is 13.0. The Morgan fingerprint density at radius 1 is 0.692 bits per heavy atom. The second-order valence-corrected chi connectivity index (χ2v) is 18.2. The number of alkyl halides is 2. The van der Waals surface area contributed by atoms with E-state index in [1.807, 2.05) is 21.1 Å². The number of amides is 1. The summed E-state index contributed by atoms with van der Waals surface area (Å²) in [4.78, 5) is 23.2. The van der Waals surface area contributed by atoms with Gasteiger partial charge in [0.2, 0.25) is 5.91 Å². The van der Waals surface area contributed by atoms with Gasteiger partial charge in [-0.25, -0.2) is 0 Å². The molecule has 7 nitrogen and oxygen atoms in total. The Kier molecular flexibility index (Phi) is 31.9. The van der Waals surface area contributed by atoms with Gasteiger partial charge >= 0.3 is 13.3 Å². The molecule has 0 rings (SSSR count). The van der Waals surface area contributed by atoms with Gasteiger partial charge < -0.3 is 19.8 Å². The number of aliphatic hydroxyl groups is 1. The summed E-state index contributed by atoms with van der Waals surface area (Å²) in [6.07, 6.45) is 33.9. The fourth-order valence-electron chi connectivity index (χ4n) is 6.43. The van der Waals surface area contributed by atoms with Crippen molar-refractivity contribution in [2.24, 2.45) is 0 Å².